The maximum atomic E-state index is 5.70. The monoisotopic (exact) mass is 338 g/mol. The first-order chi connectivity index (χ1) is 12.1. The molecule has 3 N–H and O–H groups in total. The van der Waals surface area contributed by atoms with Crippen molar-refractivity contribution in [3.63, 3.8) is 0 Å². The topological polar surface area (TPSA) is 88.1 Å². The molecule has 25 heavy (non-hydrogen) atoms. The summed E-state index contributed by atoms with van der Waals surface area (Å²) in [6.07, 6.45) is 1.63. The number of hydrogen-bond acceptors (Lipinski definition) is 7. The van der Waals surface area contributed by atoms with Crippen LogP contribution in [0.2, 0.25) is 0 Å². The van der Waals surface area contributed by atoms with Crippen LogP contribution in [0.25, 0.3) is 11.0 Å². The van der Waals surface area contributed by atoms with Crippen LogP contribution in [-0.4, -0.2) is 57.6 Å². The Labute approximate surface area is 146 Å². The van der Waals surface area contributed by atoms with E-state index in [2.05, 4.69) is 49.8 Å². The highest BCUT2D eigenvalue weighted by molar-refractivity contribution is 5.83. The average Bonchev–Trinajstić information content (AvgIpc) is 2.92. The Hall–Kier alpha value is -2.87. The molecule has 0 bridgehead atoms. The molecule has 4 rings (SSSR count). The van der Waals surface area contributed by atoms with E-state index in [1.165, 1.54) is 0 Å². The summed E-state index contributed by atoms with van der Waals surface area (Å²) in [5.41, 5.74) is 8.65. The third-order valence-corrected chi connectivity index (χ3v) is 4.58. The van der Waals surface area contributed by atoms with E-state index < -0.39 is 0 Å². The molecular weight excluding hydrogens is 316 g/mol. The lowest BCUT2D eigenvalue weighted by molar-refractivity contribution is 0.310. The van der Waals surface area contributed by atoms with Crippen LogP contribution in [0.1, 0.15) is 0 Å². The largest absolute Gasteiger partial charge is 0.384 e. The van der Waals surface area contributed by atoms with Gasteiger partial charge in [0.2, 0.25) is 11.9 Å². The van der Waals surface area contributed by atoms with Gasteiger partial charge in [0, 0.05) is 45.1 Å². The van der Waals surface area contributed by atoms with Gasteiger partial charge in [-0.2, -0.15) is 4.98 Å². The zero-order valence-corrected chi connectivity index (χ0v) is 14.5. The average molecular weight is 338 g/mol. The Morgan fingerprint density at radius 2 is 1.84 bits per heavy atom. The Morgan fingerprint density at radius 3 is 2.60 bits per heavy atom. The van der Waals surface area contributed by atoms with Crippen LogP contribution in [-0.2, 0) is 7.05 Å². The van der Waals surface area contributed by atoms with Crippen molar-refractivity contribution in [3.05, 3.63) is 30.5 Å². The number of nitrogens with two attached hydrogens (primary N) is 1. The van der Waals surface area contributed by atoms with Gasteiger partial charge in [0.1, 0.15) is 5.82 Å². The van der Waals surface area contributed by atoms with Crippen LogP contribution in [0, 0.1) is 0 Å². The number of piperazine rings is 1. The van der Waals surface area contributed by atoms with Crippen LogP contribution in [0.15, 0.2) is 30.5 Å². The Kier molecular flexibility index (Phi) is 3.89. The minimum absolute atomic E-state index is 0.439. The van der Waals surface area contributed by atoms with E-state index in [0.717, 1.165) is 48.8 Å². The van der Waals surface area contributed by atoms with E-state index in [0.29, 0.717) is 11.8 Å². The minimum Gasteiger partial charge on any atom is -0.384 e. The number of nitrogens with zero attached hydrogens (tertiary/aromatic N) is 6. The Balaban J connectivity index is 1.62. The normalized spacial score (nSPS) is 15.7. The van der Waals surface area contributed by atoms with Crippen molar-refractivity contribution >= 4 is 34.4 Å². The highest BCUT2D eigenvalue weighted by Gasteiger charge is 2.19. The number of rotatable bonds is 3. The molecule has 0 saturated carbocycles. The first-order valence-electron chi connectivity index (χ1n) is 8.36. The molecule has 0 radical (unpaired) electrons. The van der Waals surface area contributed by atoms with Gasteiger partial charge in [-0.05, 0) is 31.3 Å². The van der Waals surface area contributed by atoms with Crippen molar-refractivity contribution in [1.29, 1.82) is 0 Å². The maximum Gasteiger partial charge on any atom is 0.229 e. The molecule has 8 heteroatoms. The fourth-order valence-electron chi connectivity index (χ4n) is 3.12. The lowest BCUT2D eigenvalue weighted by Gasteiger charge is -2.32. The van der Waals surface area contributed by atoms with Gasteiger partial charge in [-0.1, -0.05) is 0 Å². The molecule has 1 fully saturated rings. The molecule has 1 aromatic carbocycles. The number of hydrogen-bond donors (Lipinski definition) is 2. The van der Waals surface area contributed by atoms with E-state index in [1.807, 2.05) is 12.1 Å². The molecule has 0 spiro atoms. The van der Waals surface area contributed by atoms with Crippen molar-refractivity contribution < 1.29 is 0 Å². The van der Waals surface area contributed by atoms with Crippen molar-refractivity contribution in [2.24, 2.45) is 7.05 Å². The van der Waals surface area contributed by atoms with Gasteiger partial charge in [0.25, 0.3) is 0 Å². The summed E-state index contributed by atoms with van der Waals surface area (Å²) in [7, 11) is 4.22. The van der Waals surface area contributed by atoms with Crippen molar-refractivity contribution in [2.45, 2.75) is 0 Å². The van der Waals surface area contributed by atoms with E-state index in [-0.39, 0.29) is 0 Å². The van der Waals surface area contributed by atoms with Crippen LogP contribution < -0.4 is 16.0 Å². The molecule has 1 aliphatic rings. The zero-order valence-electron chi connectivity index (χ0n) is 14.5. The fraction of sp³-hybridized carbons (Fsp3) is 0.353. The number of anilines is 4. The molecular formula is C17H22N8. The number of aryl methyl sites for hydroxylation is 1. The molecule has 130 valence electrons. The maximum absolute atomic E-state index is 5.70. The molecule has 1 aliphatic heterocycles. The van der Waals surface area contributed by atoms with Crippen molar-refractivity contribution in [1.82, 2.24) is 24.4 Å². The quantitative estimate of drug-likeness (QED) is 0.747. The Bertz CT molecular complexity index is 895. The Morgan fingerprint density at radius 1 is 1.04 bits per heavy atom. The summed E-state index contributed by atoms with van der Waals surface area (Å²) in [5.74, 6) is 1.93. The molecule has 0 atom stereocenters. The second-order valence-corrected chi connectivity index (χ2v) is 6.39. The lowest BCUT2D eigenvalue weighted by atomic mass is 10.3. The third kappa shape index (κ3) is 3.08. The molecule has 8 nitrogen and oxygen atoms in total. The zero-order chi connectivity index (χ0) is 17.4. The summed E-state index contributed by atoms with van der Waals surface area (Å²) in [6, 6.07) is 7.75. The molecule has 2 aromatic heterocycles. The number of likely N-dealkylation sites (N-methyl/N-ethyl adjacent to an activating group) is 1. The standard InChI is InChI=1S/C17H22N8/c1-23-7-9-25(10-8-23)17-21-13-11-12(3-4-14(13)24(17)2)20-16-19-6-5-15(18)22-16/h3-6,11H,7-10H2,1-2H3,(H3,18,19,20,22). The van der Waals surface area contributed by atoms with Crippen LogP contribution in [0.4, 0.5) is 23.4 Å². The highest BCUT2D eigenvalue weighted by atomic mass is 15.3. The van der Waals surface area contributed by atoms with E-state index >= 15 is 0 Å². The summed E-state index contributed by atoms with van der Waals surface area (Å²) < 4.78 is 2.15. The molecule has 3 heterocycles. The van der Waals surface area contributed by atoms with Gasteiger partial charge >= 0.3 is 0 Å². The molecule has 0 amide bonds. The summed E-state index contributed by atoms with van der Waals surface area (Å²) >= 11 is 0. The molecule has 0 unspecified atom stereocenters. The van der Waals surface area contributed by atoms with Gasteiger partial charge in [-0.25, -0.2) is 9.97 Å². The van der Waals surface area contributed by atoms with Crippen LogP contribution in [0.3, 0.4) is 0 Å². The van der Waals surface area contributed by atoms with Crippen molar-refractivity contribution in [2.75, 3.05) is 49.2 Å². The molecule has 3 aromatic rings. The van der Waals surface area contributed by atoms with Gasteiger partial charge in [0.15, 0.2) is 0 Å². The number of aromatic nitrogens is 4. The minimum atomic E-state index is 0.439. The van der Waals surface area contributed by atoms with Gasteiger partial charge in [-0.15, -0.1) is 0 Å². The third-order valence-electron chi connectivity index (χ3n) is 4.58. The second-order valence-electron chi connectivity index (χ2n) is 6.39. The van der Waals surface area contributed by atoms with Crippen LogP contribution in [0.5, 0.6) is 0 Å². The fourth-order valence-corrected chi connectivity index (χ4v) is 3.12. The second kappa shape index (κ2) is 6.21. The van der Waals surface area contributed by atoms with Gasteiger partial charge in [-0.3, -0.25) is 0 Å². The summed E-state index contributed by atoms with van der Waals surface area (Å²) in [4.78, 5) is 17.9. The summed E-state index contributed by atoms with van der Waals surface area (Å²) in [5, 5.41) is 3.18. The summed E-state index contributed by atoms with van der Waals surface area (Å²) in [6.45, 7) is 4.11. The van der Waals surface area contributed by atoms with E-state index in [1.54, 1.807) is 12.3 Å². The number of nitrogens with one attached hydrogen (secondary N) is 1. The number of fused-ring (bicyclic) bond motifs is 1. The van der Waals surface area contributed by atoms with Gasteiger partial charge in [0.05, 0.1) is 11.0 Å². The molecule has 0 aliphatic carbocycles. The molecule has 1 saturated heterocycles. The number of imidazole rings is 1. The van der Waals surface area contributed by atoms with E-state index in [9.17, 15) is 0 Å². The highest BCUT2D eigenvalue weighted by Crippen LogP contribution is 2.25. The first-order valence-corrected chi connectivity index (χ1v) is 8.36. The van der Waals surface area contributed by atoms with Gasteiger partial charge < -0.3 is 25.4 Å². The predicted molar refractivity (Wildman–Crippen MR) is 100 cm³/mol. The first kappa shape index (κ1) is 15.6. The van der Waals surface area contributed by atoms with E-state index in [4.69, 9.17) is 10.7 Å². The predicted octanol–water partition coefficient (Wildman–Crippen LogP) is 1.44. The van der Waals surface area contributed by atoms with Crippen molar-refractivity contribution in [3.8, 4) is 0 Å². The number of nitrogen functional groups attached to an aromatic ring is 1. The lowest BCUT2D eigenvalue weighted by Crippen LogP contribution is -2.45. The number of benzene rings is 1. The SMILES string of the molecule is CN1CCN(c2nc3cc(Nc4nccc(N)n4)ccc3n2C)CC1. The van der Waals surface area contributed by atoms with Crippen LogP contribution >= 0.6 is 0 Å². The smallest absolute Gasteiger partial charge is 0.229 e.